The molecule has 2 rings (SSSR count). The minimum atomic E-state index is -0.396. The lowest BCUT2D eigenvalue weighted by atomic mass is 10.1. The molecule has 0 aliphatic rings. The highest BCUT2D eigenvalue weighted by atomic mass is 19.1. The van der Waals surface area contributed by atoms with E-state index in [1.165, 1.54) is 6.07 Å². The molecule has 0 saturated heterocycles. The first-order valence-electron chi connectivity index (χ1n) is 6.31. The Labute approximate surface area is 111 Å². The lowest BCUT2D eigenvalue weighted by molar-refractivity contribution is 0.0855. The molecule has 0 aliphatic carbocycles. The third kappa shape index (κ3) is 2.93. The lowest BCUT2D eigenvalue weighted by Gasteiger charge is -2.15. The van der Waals surface area contributed by atoms with Crippen LogP contribution in [0.15, 0.2) is 24.4 Å². The van der Waals surface area contributed by atoms with E-state index < -0.39 is 5.82 Å². The van der Waals surface area contributed by atoms with Crippen LogP contribution in [-0.4, -0.2) is 24.2 Å². The zero-order chi connectivity index (χ0) is 13.8. The molecule has 19 heavy (non-hydrogen) atoms. The van der Waals surface area contributed by atoms with Crippen LogP contribution < -0.4 is 11.1 Å². The van der Waals surface area contributed by atoms with Gasteiger partial charge in [-0.2, -0.15) is 0 Å². The van der Waals surface area contributed by atoms with Crippen molar-refractivity contribution in [1.82, 2.24) is 4.98 Å². The van der Waals surface area contributed by atoms with Crippen molar-refractivity contribution >= 4 is 22.3 Å². The number of rotatable bonds is 5. The Morgan fingerprint density at radius 3 is 3.05 bits per heavy atom. The van der Waals surface area contributed by atoms with Crippen LogP contribution in [0.2, 0.25) is 0 Å². The molecule has 1 aromatic heterocycles. The fourth-order valence-electron chi connectivity index (χ4n) is 1.99. The van der Waals surface area contributed by atoms with Crippen molar-refractivity contribution < 1.29 is 9.13 Å². The molecular weight excluding hydrogens is 245 g/mol. The monoisotopic (exact) mass is 263 g/mol. The van der Waals surface area contributed by atoms with Crippen LogP contribution in [0.5, 0.6) is 0 Å². The molecule has 0 saturated carbocycles. The molecule has 0 spiro atoms. The van der Waals surface area contributed by atoms with Gasteiger partial charge in [-0.25, -0.2) is 4.39 Å². The second-order valence-electron chi connectivity index (χ2n) is 4.37. The third-order valence-corrected chi connectivity index (χ3v) is 2.89. The Morgan fingerprint density at radius 1 is 1.53 bits per heavy atom. The van der Waals surface area contributed by atoms with Crippen molar-refractivity contribution in [2.24, 2.45) is 0 Å². The maximum atomic E-state index is 14.0. The number of benzene rings is 1. The van der Waals surface area contributed by atoms with E-state index in [1.54, 1.807) is 12.3 Å². The van der Waals surface area contributed by atoms with Crippen LogP contribution in [0.1, 0.15) is 13.8 Å². The van der Waals surface area contributed by atoms with Crippen molar-refractivity contribution in [1.29, 1.82) is 0 Å². The second kappa shape index (κ2) is 5.84. The van der Waals surface area contributed by atoms with Crippen molar-refractivity contribution in [2.75, 3.05) is 24.2 Å². The Morgan fingerprint density at radius 2 is 2.32 bits per heavy atom. The fraction of sp³-hybridized carbons (Fsp3) is 0.357. The van der Waals surface area contributed by atoms with Gasteiger partial charge in [-0.1, -0.05) is 0 Å². The molecule has 0 radical (unpaired) electrons. The van der Waals surface area contributed by atoms with Gasteiger partial charge >= 0.3 is 0 Å². The summed E-state index contributed by atoms with van der Waals surface area (Å²) < 4.78 is 19.4. The van der Waals surface area contributed by atoms with Gasteiger partial charge in [0, 0.05) is 30.4 Å². The topological polar surface area (TPSA) is 60.2 Å². The highest BCUT2D eigenvalue weighted by Gasteiger charge is 2.12. The normalized spacial score (nSPS) is 12.6. The predicted octanol–water partition coefficient (Wildman–Crippen LogP) is 2.79. The average Bonchev–Trinajstić information content (AvgIpc) is 2.39. The van der Waals surface area contributed by atoms with E-state index >= 15 is 0 Å². The number of aromatic nitrogens is 1. The molecule has 1 unspecified atom stereocenters. The molecule has 1 heterocycles. The van der Waals surface area contributed by atoms with E-state index in [4.69, 9.17) is 10.5 Å². The van der Waals surface area contributed by atoms with Gasteiger partial charge in [0.15, 0.2) is 5.82 Å². The maximum absolute atomic E-state index is 14.0. The summed E-state index contributed by atoms with van der Waals surface area (Å²) in [7, 11) is 0. The third-order valence-electron chi connectivity index (χ3n) is 2.89. The average molecular weight is 263 g/mol. The largest absolute Gasteiger partial charge is 0.398 e. The number of nitrogens with two attached hydrogens (primary N) is 1. The van der Waals surface area contributed by atoms with E-state index in [9.17, 15) is 4.39 Å². The molecule has 1 atom stereocenters. The van der Waals surface area contributed by atoms with Crippen LogP contribution in [-0.2, 0) is 4.74 Å². The molecule has 5 heteroatoms. The zero-order valence-electron chi connectivity index (χ0n) is 11.1. The molecule has 0 aliphatic heterocycles. The maximum Gasteiger partial charge on any atom is 0.150 e. The van der Waals surface area contributed by atoms with Crippen LogP contribution in [0.25, 0.3) is 10.9 Å². The smallest absolute Gasteiger partial charge is 0.150 e. The number of fused-ring (bicyclic) bond motifs is 1. The van der Waals surface area contributed by atoms with E-state index in [2.05, 4.69) is 10.3 Å². The van der Waals surface area contributed by atoms with Crippen LogP contribution in [0, 0.1) is 5.82 Å². The van der Waals surface area contributed by atoms with Crippen molar-refractivity contribution in [2.45, 2.75) is 20.0 Å². The fourth-order valence-corrected chi connectivity index (χ4v) is 1.99. The SMILES string of the molecule is CCOC(C)CNc1c(F)cc(N)c2cccnc12. The molecule has 2 aromatic rings. The lowest BCUT2D eigenvalue weighted by Crippen LogP contribution is -2.20. The summed E-state index contributed by atoms with van der Waals surface area (Å²) in [6.45, 7) is 5.00. The number of anilines is 2. The minimum absolute atomic E-state index is 0.000662. The quantitative estimate of drug-likeness (QED) is 0.814. The van der Waals surface area contributed by atoms with Gasteiger partial charge in [0.2, 0.25) is 0 Å². The number of halogens is 1. The molecule has 0 amide bonds. The predicted molar refractivity (Wildman–Crippen MR) is 75.7 cm³/mol. The van der Waals surface area contributed by atoms with Crippen LogP contribution in [0.4, 0.5) is 15.8 Å². The molecule has 102 valence electrons. The highest BCUT2D eigenvalue weighted by molar-refractivity contribution is 5.98. The molecule has 4 nitrogen and oxygen atoms in total. The number of ether oxygens (including phenoxy) is 1. The Bertz CT molecular complexity index is 574. The van der Waals surface area contributed by atoms with Gasteiger partial charge in [-0.15, -0.1) is 0 Å². The summed E-state index contributed by atoms with van der Waals surface area (Å²) in [6.07, 6.45) is 1.62. The zero-order valence-corrected chi connectivity index (χ0v) is 11.1. The van der Waals surface area contributed by atoms with E-state index in [1.807, 2.05) is 19.9 Å². The first kappa shape index (κ1) is 13.5. The summed E-state index contributed by atoms with van der Waals surface area (Å²) in [6, 6.07) is 4.93. The van der Waals surface area contributed by atoms with Gasteiger partial charge in [-0.05, 0) is 32.0 Å². The summed E-state index contributed by atoms with van der Waals surface area (Å²) in [5, 5.41) is 3.80. The number of nitrogen functional groups attached to an aromatic ring is 1. The van der Waals surface area contributed by atoms with E-state index in [0.717, 1.165) is 5.39 Å². The molecule has 1 aromatic carbocycles. The number of hydrogen-bond donors (Lipinski definition) is 2. The van der Waals surface area contributed by atoms with E-state index in [-0.39, 0.29) is 6.10 Å². The first-order chi connectivity index (χ1) is 9.13. The van der Waals surface area contributed by atoms with Crippen molar-refractivity contribution in [3.05, 3.63) is 30.2 Å². The summed E-state index contributed by atoms with van der Waals surface area (Å²) in [5.41, 5.74) is 7.11. The molecule has 0 bridgehead atoms. The number of pyridine rings is 1. The van der Waals surface area contributed by atoms with Crippen molar-refractivity contribution in [3.63, 3.8) is 0 Å². The number of nitrogens with one attached hydrogen (secondary N) is 1. The summed E-state index contributed by atoms with van der Waals surface area (Å²) in [5.74, 6) is -0.396. The molecule has 3 N–H and O–H groups in total. The Balaban J connectivity index is 2.32. The van der Waals surface area contributed by atoms with Crippen LogP contribution >= 0.6 is 0 Å². The van der Waals surface area contributed by atoms with Gasteiger partial charge in [0.05, 0.1) is 17.3 Å². The number of nitrogens with zero attached hydrogens (tertiary/aromatic N) is 1. The van der Waals surface area contributed by atoms with Crippen LogP contribution in [0.3, 0.4) is 0 Å². The number of hydrogen-bond acceptors (Lipinski definition) is 4. The first-order valence-corrected chi connectivity index (χ1v) is 6.31. The Kier molecular flexibility index (Phi) is 4.16. The van der Waals surface area contributed by atoms with Gasteiger partial charge in [-0.3, -0.25) is 4.98 Å². The van der Waals surface area contributed by atoms with E-state index in [0.29, 0.717) is 30.0 Å². The second-order valence-corrected chi connectivity index (χ2v) is 4.37. The summed E-state index contributed by atoms with van der Waals surface area (Å²) >= 11 is 0. The van der Waals surface area contributed by atoms with Gasteiger partial charge in [0.25, 0.3) is 0 Å². The highest BCUT2D eigenvalue weighted by Crippen LogP contribution is 2.29. The van der Waals surface area contributed by atoms with Gasteiger partial charge in [0.1, 0.15) is 0 Å². The van der Waals surface area contributed by atoms with Crippen molar-refractivity contribution in [3.8, 4) is 0 Å². The molecule has 0 fully saturated rings. The summed E-state index contributed by atoms with van der Waals surface area (Å²) in [4.78, 5) is 4.20. The minimum Gasteiger partial charge on any atom is -0.398 e. The van der Waals surface area contributed by atoms with Gasteiger partial charge < -0.3 is 15.8 Å². The molecular formula is C14H18FN3O. The Hall–Kier alpha value is -1.88. The standard InChI is InChI=1S/C14H18FN3O/c1-3-19-9(2)8-18-14-11(15)7-12(16)10-5-4-6-17-13(10)14/h4-7,9,18H,3,8,16H2,1-2H3.